The van der Waals surface area contributed by atoms with Gasteiger partial charge in [0.05, 0.1) is 0 Å². The van der Waals surface area contributed by atoms with Gasteiger partial charge in [-0.15, -0.1) is 0 Å². The fraction of sp³-hybridized carbons (Fsp3) is 0.786. The number of carbonyl (C=O) groups excluding carboxylic acids is 1. The van der Waals surface area contributed by atoms with Crippen molar-refractivity contribution in [2.24, 2.45) is 5.92 Å². The Morgan fingerprint density at radius 2 is 2.30 bits per heavy atom. The van der Waals surface area contributed by atoms with E-state index in [0.717, 1.165) is 19.4 Å². The van der Waals surface area contributed by atoms with Crippen LogP contribution in [0, 0.1) is 5.92 Å². The summed E-state index contributed by atoms with van der Waals surface area (Å²) in [7, 11) is 1.59. The van der Waals surface area contributed by atoms with Gasteiger partial charge in [0.1, 0.15) is 6.61 Å². The van der Waals surface area contributed by atoms with Gasteiger partial charge in [0.25, 0.3) is 5.89 Å². The molecule has 1 saturated heterocycles. The van der Waals surface area contributed by atoms with Crippen molar-refractivity contribution in [3.05, 3.63) is 11.7 Å². The Morgan fingerprint density at radius 1 is 1.55 bits per heavy atom. The molecule has 1 amide bonds. The van der Waals surface area contributed by atoms with Crippen molar-refractivity contribution in [2.75, 3.05) is 20.2 Å². The molecule has 0 bridgehead atoms. The van der Waals surface area contributed by atoms with E-state index in [1.54, 1.807) is 7.11 Å². The quantitative estimate of drug-likeness (QED) is 0.841. The lowest BCUT2D eigenvalue weighted by molar-refractivity contribution is -0.136. The van der Waals surface area contributed by atoms with Crippen molar-refractivity contribution in [2.45, 2.75) is 45.6 Å². The fourth-order valence-corrected chi connectivity index (χ4v) is 2.66. The van der Waals surface area contributed by atoms with Gasteiger partial charge in [0, 0.05) is 31.5 Å². The predicted molar refractivity (Wildman–Crippen MR) is 73.0 cm³/mol. The lowest BCUT2D eigenvalue weighted by Gasteiger charge is -2.39. The summed E-state index contributed by atoms with van der Waals surface area (Å²) < 4.78 is 10.2. The topological polar surface area (TPSA) is 68.5 Å². The highest BCUT2D eigenvalue weighted by Crippen LogP contribution is 2.32. The molecule has 1 fully saturated rings. The van der Waals surface area contributed by atoms with E-state index in [4.69, 9.17) is 9.26 Å². The van der Waals surface area contributed by atoms with Crippen LogP contribution in [0.3, 0.4) is 0 Å². The summed E-state index contributed by atoms with van der Waals surface area (Å²) in [5.41, 5.74) is -0.238. The van der Waals surface area contributed by atoms with Crippen molar-refractivity contribution < 1.29 is 14.1 Å². The van der Waals surface area contributed by atoms with Gasteiger partial charge < -0.3 is 14.2 Å². The number of hydrogen-bond donors (Lipinski definition) is 0. The molecule has 112 valence electrons. The summed E-state index contributed by atoms with van der Waals surface area (Å²) in [5, 5.41) is 4.06. The summed E-state index contributed by atoms with van der Waals surface area (Å²) in [6.07, 6.45) is 1.92. The Bertz CT molecular complexity index is 472. The van der Waals surface area contributed by atoms with Crippen LogP contribution in [0.1, 0.15) is 45.3 Å². The monoisotopic (exact) mass is 281 g/mol. The van der Waals surface area contributed by atoms with E-state index in [1.165, 1.54) is 0 Å². The molecule has 2 heterocycles. The first-order valence-electron chi connectivity index (χ1n) is 7.07. The molecule has 1 aromatic heterocycles. The number of piperidine rings is 1. The van der Waals surface area contributed by atoms with Crippen LogP contribution in [-0.2, 0) is 21.6 Å². The summed E-state index contributed by atoms with van der Waals surface area (Å²) in [6.45, 7) is 7.73. The predicted octanol–water partition coefficient (Wildman–Crippen LogP) is 1.75. The van der Waals surface area contributed by atoms with Crippen molar-refractivity contribution >= 4 is 5.91 Å². The van der Waals surface area contributed by atoms with Crippen LogP contribution in [0.2, 0.25) is 0 Å². The molecule has 0 saturated carbocycles. The third kappa shape index (κ3) is 3.00. The minimum Gasteiger partial charge on any atom is -0.375 e. The van der Waals surface area contributed by atoms with Gasteiger partial charge >= 0.3 is 0 Å². The molecule has 1 aliphatic rings. The number of methoxy groups -OCH3 is 1. The molecule has 6 heteroatoms. The van der Waals surface area contributed by atoms with Crippen molar-refractivity contribution in [1.29, 1.82) is 0 Å². The van der Waals surface area contributed by atoms with E-state index in [1.807, 2.05) is 18.7 Å². The first kappa shape index (κ1) is 15.0. The third-order valence-electron chi connectivity index (χ3n) is 3.78. The van der Waals surface area contributed by atoms with Gasteiger partial charge in [-0.05, 0) is 12.8 Å². The van der Waals surface area contributed by atoms with E-state index < -0.39 is 0 Å². The number of likely N-dealkylation sites (tertiary alicyclic amines) is 1. The number of aromatic nitrogens is 2. The summed E-state index contributed by atoms with van der Waals surface area (Å²) in [5.74, 6) is 1.37. The first-order chi connectivity index (χ1) is 9.46. The molecule has 1 aliphatic heterocycles. The Balaban J connectivity index is 2.14. The molecule has 2 rings (SSSR count). The van der Waals surface area contributed by atoms with Crippen molar-refractivity contribution in [3.8, 4) is 0 Å². The average Bonchev–Trinajstić information content (AvgIpc) is 2.87. The number of amides is 1. The molecule has 0 N–H and O–H groups in total. The van der Waals surface area contributed by atoms with Crippen LogP contribution in [0.4, 0.5) is 0 Å². The van der Waals surface area contributed by atoms with Crippen LogP contribution in [-0.4, -0.2) is 41.1 Å². The molecule has 1 aromatic rings. The highest BCUT2D eigenvalue weighted by atomic mass is 16.5. The Hall–Kier alpha value is -1.43. The van der Waals surface area contributed by atoms with Crippen molar-refractivity contribution in [1.82, 2.24) is 15.0 Å². The molecular formula is C14H23N3O3. The van der Waals surface area contributed by atoms with E-state index in [0.29, 0.717) is 24.9 Å². The zero-order valence-corrected chi connectivity index (χ0v) is 12.7. The molecule has 20 heavy (non-hydrogen) atoms. The Kier molecular flexibility index (Phi) is 4.42. The second-order valence-corrected chi connectivity index (χ2v) is 6.02. The van der Waals surface area contributed by atoms with Gasteiger partial charge in [-0.3, -0.25) is 4.79 Å². The number of carbonyl (C=O) groups is 1. The number of ether oxygens (including phenoxy) is 1. The standard InChI is InChI=1S/C14H23N3O3/c1-10(2)12(18)17-7-5-6-14(3,9-17)13-15-11(8-19-4)20-16-13/h10H,5-9H2,1-4H3. The largest absolute Gasteiger partial charge is 0.375 e. The average molecular weight is 281 g/mol. The van der Waals surface area contributed by atoms with Gasteiger partial charge in [-0.2, -0.15) is 4.98 Å². The van der Waals surface area contributed by atoms with Crippen LogP contribution in [0.25, 0.3) is 0 Å². The minimum absolute atomic E-state index is 0.0201. The van der Waals surface area contributed by atoms with Crippen LogP contribution in [0.5, 0.6) is 0 Å². The van der Waals surface area contributed by atoms with E-state index in [9.17, 15) is 4.79 Å². The SMILES string of the molecule is COCc1nc(C2(C)CCCN(C(=O)C(C)C)C2)no1. The lowest BCUT2D eigenvalue weighted by atomic mass is 9.81. The highest BCUT2D eigenvalue weighted by molar-refractivity contribution is 5.78. The van der Waals surface area contributed by atoms with E-state index in [2.05, 4.69) is 17.1 Å². The Morgan fingerprint density at radius 3 is 2.95 bits per heavy atom. The molecule has 0 radical (unpaired) electrons. The maximum Gasteiger partial charge on any atom is 0.252 e. The highest BCUT2D eigenvalue weighted by Gasteiger charge is 2.38. The number of rotatable bonds is 4. The van der Waals surface area contributed by atoms with Gasteiger partial charge in [-0.1, -0.05) is 25.9 Å². The maximum absolute atomic E-state index is 12.2. The zero-order valence-electron chi connectivity index (χ0n) is 12.7. The molecule has 0 aromatic carbocycles. The summed E-state index contributed by atoms with van der Waals surface area (Å²) >= 11 is 0. The molecule has 1 unspecified atom stereocenters. The smallest absolute Gasteiger partial charge is 0.252 e. The van der Waals surface area contributed by atoms with Crippen LogP contribution < -0.4 is 0 Å². The number of nitrogens with zero attached hydrogens (tertiary/aromatic N) is 3. The van der Waals surface area contributed by atoms with Crippen LogP contribution >= 0.6 is 0 Å². The third-order valence-corrected chi connectivity index (χ3v) is 3.78. The van der Waals surface area contributed by atoms with Gasteiger partial charge in [-0.25, -0.2) is 0 Å². The van der Waals surface area contributed by atoms with Gasteiger partial charge in [0.15, 0.2) is 5.82 Å². The second kappa shape index (κ2) is 5.91. The molecule has 1 atom stereocenters. The van der Waals surface area contributed by atoms with E-state index in [-0.39, 0.29) is 17.2 Å². The van der Waals surface area contributed by atoms with E-state index >= 15 is 0 Å². The summed E-state index contributed by atoms with van der Waals surface area (Å²) in [6, 6.07) is 0. The normalized spacial score (nSPS) is 23.4. The number of hydrogen-bond acceptors (Lipinski definition) is 5. The van der Waals surface area contributed by atoms with Crippen LogP contribution in [0.15, 0.2) is 4.52 Å². The minimum atomic E-state index is -0.238. The summed E-state index contributed by atoms with van der Waals surface area (Å²) in [4.78, 5) is 18.5. The van der Waals surface area contributed by atoms with Gasteiger partial charge in [0.2, 0.25) is 5.91 Å². The molecule has 0 spiro atoms. The Labute approximate surface area is 119 Å². The fourth-order valence-electron chi connectivity index (χ4n) is 2.66. The zero-order chi connectivity index (χ0) is 14.8. The lowest BCUT2D eigenvalue weighted by Crippen LogP contribution is -2.48. The maximum atomic E-state index is 12.2. The molecular weight excluding hydrogens is 258 g/mol. The second-order valence-electron chi connectivity index (χ2n) is 6.02. The first-order valence-corrected chi connectivity index (χ1v) is 7.07. The molecule has 0 aliphatic carbocycles. The molecule has 6 nitrogen and oxygen atoms in total. The van der Waals surface area contributed by atoms with Crippen molar-refractivity contribution in [3.63, 3.8) is 0 Å².